The summed E-state index contributed by atoms with van der Waals surface area (Å²) in [7, 11) is 3.95. The molecule has 8 nitrogen and oxygen atoms in total. The molecule has 0 radical (unpaired) electrons. The maximum absolute atomic E-state index is 13.0. The Morgan fingerprint density at radius 1 is 1.09 bits per heavy atom. The monoisotopic (exact) mass is 480 g/mol. The first kappa shape index (κ1) is 23.8. The van der Waals surface area contributed by atoms with Gasteiger partial charge in [-0.05, 0) is 62.9 Å². The molecule has 1 aliphatic rings. The highest BCUT2D eigenvalue weighted by Crippen LogP contribution is 2.27. The third-order valence-electron chi connectivity index (χ3n) is 5.79. The van der Waals surface area contributed by atoms with Crippen LogP contribution in [0.2, 0.25) is 5.02 Å². The number of anilines is 2. The quantitative estimate of drug-likeness (QED) is 0.499. The summed E-state index contributed by atoms with van der Waals surface area (Å²) in [6, 6.07) is 10.8. The maximum atomic E-state index is 13.0. The fourth-order valence-corrected chi connectivity index (χ4v) is 4.25. The van der Waals surface area contributed by atoms with Gasteiger partial charge >= 0.3 is 0 Å². The number of ether oxygens (including phenoxy) is 1. The Balaban J connectivity index is 1.33. The molecule has 9 heteroatoms. The summed E-state index contributed by atoms with van der Waals surface area (Å²) < 4.78 is 5.84. The molecule has 0 aliphatic heterocycles. The van der Waals surface area contributed by atoms with E-state index in [4.69, 9.17) is 16.3 Å². The van der Waals surface area contributed by atoms with Crippen LogP contribution in [0.3, 0.4) is 0 Å². The number of rotatable bonds is 7. The molecule has 1 fully saturated rings. The van der Waals surface area contributed by atoms with Gasteiger partial charge in [-0.2, -0.15) is 4.98 Å². The number of pyridine rings is 1. The number of aryl methyl sites for hydroxylation is 1. The van der Waals surface area contributed by atoms with Crippen LogP contribution in [0.1, 0.15) is 41.6 Å². The van der Waals surface area contributed by atoms with Crippen molar-refractivity contribution in [2.45, 2.75) is 44.7 Å². The zero-order valence-electron chi connectivity index (χ0n) is 19.6. The lowest BCUT2D eigenvalue weighted by atomic mass is 9.91. The van der Waals surface area contributed by atoms with Crippen molar-refractivity contribution in [2.24, 2.45) is 0 Å². The Bertz CT molecular complexity index is 1150. The highest BCUT2D eigenvalue weighted by Gasteiger charge is 2.25. The van der Waals surface area contributed by atoms with Gasteiger partial charge in [0.15, 0.2) is 0 Å². The van der Waals surface area contributed by atoms with Crippen LogP contribution in [0.5, 0.6) is 11.6 Å². The molecule has 2 N–H and O–H groups in total. The molecular weight excluding hydrogens is 452 g/mol. The predicted octanol–water partition coefficient (Wildman–Crippen LogP) is 4.84. The number of hydrogen-bond donors (Lipinski definition) is 2. The van der Waals surface area contributed by atoms with Crippen LogP contribution in [-0.4, -0.2) is 47.0 Å². The van der Waals surface area contributed by atoms with E-state index in [9.17, 15) is 4.79 Å². The van der Waals surface area contributed by atoms with E-state index in [1.165, 1.54) is 0 Å². The average molecular weight is 481 g/mol. The molecule has 1 amide bonds. The van der Waals surface area contributed by atoms with Gasteiger partial charge in [0.2, 0.25) is 11.8 Å². The van der Waals surface area contributed by atoms with Crippen LogP contribution in [-0.2, 0) is 0 Å². The second-order valence-electron chi connectivity index (χ2n) is 8.68. The molecular formula is C25H29ClN6O2. The van der Waals surface area contributed by atoms with E-state index < -0.39 is 0 Å². The molecule has 178 valence electrons. The molecule has 0 bridgehead atoms. The number of hydrogen-bond acceptors (Lipinski definition) is 7. The topological polar surface area (TPSA) is 92.3 Å². The first-order valence-electron chi connectivity index (χ1n) is 11.4. The SMILES string of the molecule is Cc1cnc(NC2CCC(NC(=O)c3cccnc3Oc3cccc(Cl)c3)CC2)nc1N(C)C. The van der Waals surface area contributed by atoms with Crippen molar-refractivity contribution in [3.8, 4) is 11.6 Å². The summed E-state index contributed by atoms with van der Waals surface area (Å²) in [5.41, 5.74) is 1.43. The number of nitrogens with zero attached hydrogens (tertiary/aromatic N) is 4. The van der Waals surface area contributed by atoms with Crippen molar-refractivity contribution in [3.05, 3.63) is 64.9 Å². The number of carbonyl (C=O) groups is 1. The lowest BCUT2D eigenvalue weighted by Crippen LogP contribution is -2.40. The summed E-state index contributed by atoms with van der Waals surface area (Å²) >= 11 is 6.04. The van der Waals surface area contributed by atoms with E-state index in [1.807, 2.05) is 32.1 Å². The number of aromatic nitrogens is 3. The standard InChI is InChI=1S/C25H29ClN6O2/c1-16-15-28-25(31-22(16)32(2)3)30-19-11-9-18(10-12-19)29-23(33)21-8-5-13-27-24(21)34-20-7-4-6-17(26)14-20/h4-8,13-15,18-19H,9-12H2,1-3H3,(H,29,33)(H,28,30,31). The minimum absolute atomic E-state index is 0.0843. The third-order valence-corrected chi connectivity index (χ3v) is 6.03. The third kappa shape index (κ3) is 5.94. The molecule has 2 aromatic heterocycles. The van der Waals surface area contributed by atoms with Gasteiger partial charge in [0.1, 0.15) is 17.1 Å². The number of benzene rings is 1. The Labute approximate surface area is 204 Å². The fourth-order valence-electron chi connectivity index (χ4n) is 4.07. The number of nitrogens with one attached hydrogen (secondary N) is 2. The van der Waals surface area contributed by atoms with Crippen LogP contribution in [0.4, 0.5) is 11.8 Å². The Morgan fingerprint density at radius 2 is 1.85 bits per heavy atom. The summed E-state index contributed by atoms with van der Waals surface area (Å²) in [5.74, 6) is 2.14. The zero-order chi connectivity index (χ0) is 24.1. The van der Waals surface area contributed by atoms with Gasteiger partial charge in [0.05, 0.1) is 0 Å². The number of halogens is 1. The largest absolute Gasteiger partial charge is 0.438 e. The Morgan fingerprint density at radius 3 is 2.59 bits per heavy atom. The van der Waals surface area contributed by atoms with Gasteiger partial charge in [-0.15, -0.1) is 0 Å². The molecule has 1 aliphatic carbocycles. The normalized spacial score (nSPS) is 17.6. The van der Waals surface area contributed by atoms with E-state index in [0.29, 0.717) is 22.3 Å². The first-order valence-corrected chi connectivity index (χ1v) is 11.7. The lowest BCUT2D eigenvalue weighted by Gasteiger charge is -2.30. The van der Waals surface area contributed by atoms with Crippen LogP contribution in [0.15, 0.2) is 48.8 Å². The molecule has 0 saturated heterocycles. The van der Waals surface area contributed by atoms with E-state index in [2.05, 4.69) is 25.6 Å². The van der Waals surface area contributed by atoms with E-state index in [1.54, 1.807) is 42.6 Å². The summed E-state index contributed by atoms with van der Waals surface area (Å²) in [6.45, 7) is 2.00. The van der Waals surface area contributed by atoms with Gasteiger partial charge in [-0.1, -0.05) is 17.7 Å². The van der Waals surface area contributed by atoms with Gasteiger partial charge < -0.3 is 20.3 Å². The van der Waals surface area contributed by atoms with Crippen molar-refractivity contribution in [3.63, 3.8) is 0 Å². The first-order chi connectivity index (χ1) is 16.4. The second kappa shape index (κ2) is 10.7. The molecule has 0 unspecified atom stereocenters. The Kier molecular flexibility index (Phi) is 7.47. The zero-order valence-corrected chi connectivity index (χ0v) is 20.3. The minimum atomic E-state index is -0.195. The number of carbonyl (C=O) groups excluding carboxylic acids is 1. The smallest absolute Gasteiger partial charge is 0.257 e. The molecule has 2 heterocycles. The molecule has 3 aromatic rings. The van der Waals surface area contributed by atoms with E-state index in [0.717, 1.165) is 37.1 Å². The molecule has 4 rings (SSSR count). The van der Waals surface area contributed by atoms with Gasteiger partial charge in [0.25, 0.3) is 5.91 Å². The molecule has 1 saturated carbocycles. The highest BCUT2D eigenvalue weighted by atomic mass is 35.5. The summed E-state index contributed by atoms with van der Waals surface area (Å²) in [6.07, 6.45) is 6.99. The van der Waals surface area contributed by atoms with Crippen molar-refractivity contribution in [1.82, 2.24) is 20.3 Å². The van der Waals surface area contributed by atoms with Crippen LogP contribution < -0.4 is 20.3 Å². The van der Waals surface area contributed by atoms with Crippen molar-refractivity contribution in [2.75, 3.05) is 24.3 Å². The average Bonchev–Trinajstić information content (AvgIpc) is 2.82. The van der Waals surface area contributed by atoms with E-state index >= 15 is 0 Å². The van der Waals surface area contributed by atoms with Crippen LogP contribution in [0, 0.1) is 6.92 Å². The van der Waals surface area contributed by atoms with Gasteiger partial charge in [0, 0.05) is 49.2 Å². The highest BCUT2D eigenvalue weighted by molar-refractivity contribution is 6.30. The van der Waals surface area contributed by atoms with Crippen molar-refractivity contribution < 1.29 is 9.53 Å². The molecule has 34 heavy (non-hydrogen) atoms. The van der Waals surface area contributed by atoms with Crippen LogP contribution >= 0.6 is 11.6 Å². The van der Waals surface area contributed by atoms with Crippen molar-refractivity contribution >= 4 is 29.3 Å². The molecule has 1 aromatic carbocycles. The number of amides is 1. The van der Waals surface area contributed by atoms with Crippen molar-refractivity contribution in [1.29, 1.82) is 0 Å². The maximum Gasteiger partial charge on any atom is 0.257 e. The van der Waals surface area contributed by atoms with Crippen LogP contribution in [0.25, 0.3) is 0 Å². The minimum Gasteiger partial charge on any atom is -0.438 e. The predicted molar refractivity (Wildman–Crippen MR) is 134 cm³/mol. The van der Waals surface area contributed by atoms with Gasteiger partial charge in [-0.3, -0.25) is 4.79 Å². The lowest BCUT2D eigenvalue weighted by molar-refractivity contribution is 0.0923. The van der Waals surface area contributed by atoms with E-state index in [-0.39, 0.29) is 23.9 Å². The van der Waals surface area contributed by atoms with Gasteiger partial charge in [-0.25, -0.2) is 9.97 Å². The molecule has 0 spiro atoms. The second-order valence-corrected chi connectivity index (χ2v) is 9.11. The molecule has 0 atom stereocenters. The fraction of sp³-hybridized carbons (Fsp3) is 0.360. The summed E-state index contributed by atoms with van der Waals surface area (Å²) in [4.78, 5) is 28.3. The Hall–Kier alpha value is -3.39. The summed E-state index contributed by atoms with van der Waals surface area (Å²) in [5, 5.41) is 7.14.